The van der Waals surface area contributed by atoms with Crippen LogP contribution < -0.4 is 4.74 Å². The second-order valence-corrected chi connectivity index (χ2v) is 7.44. The first-order valence-corrected chi connectivity index (χ1v) is 11.0. The maximum atomic E-state index is 5.72. The Hall–Kier alpha value is -2.16. The van der Waals surface area contributed by atoms with Crippen LogP contribution in [0.3, 0.4) is 0 Å². The quantitative estimate of drug-likeness (QED) is 0.243. The summed E-state index contributed by atoms with van der Waals surface area (Å²) in [5.41, 5.74) is 2.26. The van der Waals surface area contributed by atoms with Gasteiger partial charge < -0.3 is 4.74 Å². The van der Waals surface area contributed by atoms with Crippen LogP contribution in [-0.2, 0) is 6.42 Å². The molecular weight excluding hydrogens is 344 g/mol. The molecule has 0 unspecified atom stereocenters. The molecule has 0 saturated carbocycles. The minimum Gasteiger partial charge on any atom is -0.494 e. The van der Waals surface area contributed by atoms with Crippen molar-refractivity contribution in [1.82, 2.24) is 9.97 Å². The van der Waals surface area contributed by atoms with Crippen molar-refractivity contribution in [3.05, 3.63) is 54.9 Å². The Morgan fingerprint density at radius 2 is 1.50 bits per heavy atom. The van der Waals surface area contributed by atoms with Crippen molar-refractivity contribution in [2.24, 2.45) is 0 Å². The highest BCUT2D eigenvalue weighted by Crippen LogP contribution is 2.20. The molecule has 1 heterocycles. The highest BCUT2D eigenvalue weighted by molar-refractivity contribution is 5.55. The number of unbranched alkanes of at least 4 members (excludes halogenated alkanes) is 8. The van der Waals surface area contributed by atoms with Gasteiger partial charge in [0.05, 0.1) is 6.61 Å². The first kappa shape index (κ1) is 22.1. The first-order valence-electron chi connectivity index (χ1n) is 11.0. The van der Waals surface area contributed by atoms with Crippen LogP contribution >= 0.6 is 0 Å². The zero-order valence-corrected chi connectivity index (χ0v) is 17.5. The van der Waals surface area contributed by atoms with Gasteiger partial charge in [-0.3, -0.25) is 0 Å². The summed E-state index contributed by atoms with van der Waals surface area (Å²) < 4.78 is 5.72. The third-order valence-electron chi connectivity index (χ3n) is 4.96. The van der Waals surface area contributed by atoms with E-state index in [-0.39, 0.29) is 0 Å². The standard InChI is InChI=1S/C25H36N2O/c1-3-5-7-8-9-10-11-12-14-22-20-26-25(27-21-22)23-15-17-24(18-16-23)28-19-13-6-4-2/h4,15-18,20-21H,2-3,5-14,19H2,1H3. The number of aryl methyl sites for hydroxylation is 1. The molecule has 0 atom stereocenters. The molecule has 1 aromatic carbocycles. The Bertz CT molecular complexity index is 649. The molecule has 0 spiro atoms. The van der Waals surface area contributed by atoms with Gasteiger partial charge in [0.15, 0.2) is 5.82 Å². The summed E-state index contributed by atoms with van der Waals surface area (Å²) in [7, 11) is 0. The van der Waals surface area contributed by atoms with Crippen molar-refractivity contribution < 1.29 is 4.74 Å². The monoisotopic (exact) mass is 380 g/mol. The summed E-state index contributed by atoms with van der Waals surface area (Å²) >= 11 is 0. The van der Waals surface area contributed by atoms with Gasteiger partial charge in [0.25, 0.3) is 0 Å². The van der Waals surface area contributed by atoms with E-state index in [4.69, 9.17) is 4.74 Å². The molecule has 1 aromatic heterocycles. The van der Waals surface area contributed by atoms with E-state index in [0.717, 1.165) is 43.0 Å². The third kappa shape index (κ3) is 8.69. The van der Waals surface area contributed by atoms with Crippen LogP contribution in [0.1, 0.15) is 76.7 Å². The fraction of sp³-hybridized carbons (Fsp3) is 0.520. The number of rotatable bonds is 15. The predicted molar refractivity (Wildman–Crippen MR) is 119 cm³/mol. The fourth-order valence-electron chi connectivity index (χ4n) is 3.21. The second kappa shape index (κ2) is 13.9. The number of benzene rings is 1. The molecule has 0 aliphatic heterocycles. The number of hydrogen-bond donors (Lipinski definition) is 0. The highest BCUT2D eigenvalue weighted by atomic mass is 16.5. The Kier molecular flexibility index (Phi) is 11.0. The molecule has 2 aromatic rings. The summed E-state index contributed by atoms with van der Waals surface area (Å²) in [6, 6.07) is 8.02. The zero-order valence-electron chi connectivity index (χ0n) is 17.5. The van der Waals surface area contributed by atoms with E-state index in [1.807, 2.05) is 42.7 Å². The lowest BCUT2D eigenvalue weighted by Gasteiger charge is -2.07. The number of hydrogen-bond acceptors (Lipinski definition) is 3. The van der Waals surface area contributed by atoms with Crippen molar-refractivity contribution in [2.75, 3.05) is 6.61 Å². The lowest BCUT2D eigenvalue weighted by atomic mass is 10.1. The van der Waals surface area contributed by atoms with E-state index < -0.39 is 0 Å². The molecule has 0 aliphatic rings. The molecule has 0 N–H and O–H groups in total. The molecule has 0 aliphatic carbocycles. The normalized spacial score (nSPS) is 10.8. The topological polar surface area (TPSA) is 35.0 Å². The molecule has 152 valence electrons. The number of aromatic nitrogens is 2. The molecule has 3 heteroatoms. The molecule has 3 nitrogen and oxygen atoms in total. The van der Waals surface area contributed by atoms with Gasteiger partial charge >= 0.3 is 0 Å². The first-order chi connectivity index (χ1) is 13.8. The van der Waals surface area contributed by atoms with E-state index in [2.05, 4.69) is 23.5 Å². The molecule has 2 rings (SSSR count). The maximum absolute atomic E-state index is 5.72. The number of nitrogens with zero attached hydrogens (tertiary/aromatic N) is 2. The minimum absolute atomic E-state index is 0.718. The van der Waals surface area contributed by atoms with Crippen LogP contribution in [0.15, 0.2) is 49.3 Å². The molecule has 0 amide bonds. The average molecular weight is 381 g/mol. The Morgan fingerprint density at radius 1 is 0.857 bits per heavy atom. The Labute approximate surface area is 171 Å². The van der Waals surface area contributed by atoms with Crippen molar-refractivity contribution >= 4 is 0 Å². The summed E-state index contributed by atoms with van der Waals surface area (Å²) in [5.74, 6) is 1.66. The van der Waals surface area contributed by atoms with Crippen molar-refractivity contribution in [3.8, 4) is 17.1 Å². The van der Waals surface area contributed by atoms with Crippen LogP contribution in [0, 0.1) is 0 Å². The number of ether oxygens (including phenoxy) is 1. The van der Waals surface area contributed by atoms with Crippen LogP contribution in [0.4, 0.5) is 0 Å². The molecular formula is C25H36N2O. The van der Waals surface area contributed by atoms with Gasteiger partial charge in [-0.15, -0.1) is 6.58 Å². The van der Waals surface area contributed by atoms with Gasteiger partial charge in [-0.05, 0) is 55.5 Å². The van der Waals surface area contributed by atoms with E-state index >= 15 is 0 Å². The predicted octanol–water partition coefficient (Wildman–Crippen LogP) is 7.17. The van der Waals surface area contributed by atoms with Crippen LogP contribution in [-0.4, -0.2) is 16.6 Å². The lowest BCUT2D eigenvalue weighted by molar-refractivity contribution is 0.312. The Balaban J connectivity index is 1.69. The molecule has 0 bridgehead atoms. The summed E-state index contributed by atoms with van der Waals surface area (Å²) in [6.45, 7) is 6.71. The minimum atomic E-state index is 0.718. The van der Waals surface area contributed by atoms with E-state index in [1.165, 1.54) is 56.9 Å². The van der Waals surface area contributed by atoms with Gasteiger partial charge in [-0.25, -0.2) is 9.97 Å². The van der Waals surface area contributed by atoms with Gasteiger partial charge in [0.2, 0.25) is 0 Å². The molecule has 0 fully saturated rings. The van der Waals surface area contributed by atoms with Crippen LogP contribution in [0.25, 0.3) is 11.4 Å². The smallest absolute Gasteiger partial charge is 0.159 e. The van der Waals surface area contributed by atoms with E-state index in [1.54, 1.807) is 0 Å². The molecule has 0 saturated heterocycles. The van der Waals surface area contributed by atoms with Crippen LogP contribution in [0.5, 0.6) is 5.75 Å². The van der Waals surface area contributed by atoms with E-state index in [0.29, 0.717) is 0 Å². The summed E-state index contributed by atoms with van der Waals surface area (Å²) in [5, 5.41) is 0. The van der Waals surface area contributed by atoms with Gasteiger partial charge in [-0.1, -0.05) is 57.9 Å². The van der Waals surface area contributed by atoms with Crippen molar-refractivity contribution in [2.45, 2.75) is 77.6 Å². The molecule has 28 heavy (non-hydrogen) atoms. The highest BCUT2D eigenvalue weighted by Gasteiger charge is 2.03. The maximum Gasteiger partial charge on any atom is 0.159 e. The average Bonchev–Trinajstić information content (AvgIpc) is 2.74. The van der Waals surface area contributed by atoms with E-state index in [9.17, 15) is 0 Å². The molecule has 0 radical (unpaired) electrons. The van der Waals surface area contributed by atoms with Gasteiger partial charge in [0.1, 0.15) is 5.75 Å². The number of allylic oxidation sites excluding steroid dienone is 1. The largest absolute Gasteiger partial charge is 0.494 e. The zero-order chi connectivity index (χ0) is 19.9. The third-order valence-corrected chi connectivity index (χ3v) is 4.96. The van der Waals surface area contributed by atoms with Crippen molar-refractivity contribution in [1.29, 1.82) is 0 Å². The summed E-state index contributed by atoms with van der Waals surface area (Å²) in [6.07, 6.45) is 19.7. The van der Waals surface area contributed by atoms with Crippen molar-refractivity contribution in [3.63, 3.8) is 0 Å². The Morgan fingerprint density at radius 3 is 2.14 bits per heavy atom. The van der Waals surface area contributed by atoms with Gasteiger partial charge in [-0.2, -0.15) is 0 Å². The summed E-state index contributed by atoms with van der Waals surface area (Å²) in [4.78, 5) is 9.10. The SMILES string of the molecule is C=CCCCOc1ccc(-c2ncc(CCCCCCCCCC)cn2)cc1. The second-order valence-electron chi connectivity index (χ2n) is 7.44. The lowest BCUT2D eigenvalue weighted by Crippen LogP contribution is -1.97. The fourth-order valence-corrected chi connectivity index (χ4v) is 3.21. The van der Waals surface area contributed by atoms with Gasteiger partial charge in [0, 0.05) is 18.0 Å². The van der Waals surface area contributed by atoms with Crippen LogP contribution in [0.2, 0.25) is 0 Å².